The number of hydrogen-bond donors (Lipinski definition) is 0. The van der Waals surface area contributed by atoms with Crippen molar-refractivity contribution in [2.75, 3.05) is 6.61 Å². The van der Waals surface area contributed by atoms with Crippen LogP contribution in [-0.4, -0.2) is 30.2 Å². The summed E-state index contributed by atoms with van der Waals surface area (Å²) < 4.78 is 10.4. The van der Waals surface area contributed by atoms with E-state index in [2.05, 4.69) is 6.58 Å². The van der Waals surface area contributed by atoms with Crippen molar-refractivity contribution >= 4 is 17.4 Å². The number of alkyl halides is 1. The number of rotatable bonds is 6. The molecule has 0 saturated carbocycles. The van der Waals surface area contributed by atoms with E-state index >= 15 is 0 Å². The monoisotopic (exact) mass is 232 g/mol. The third-order valence-corrected chi connectivity index (χ3v) is 2.94. The van der Waals surface area contributed by atoms with Crippen LogP contribution in [-0.2, 0) is 14.3 Å². The first-order valence-corrected chi connectivity index (χ1v) is 5.46. The van der Waals surface area contributed by atoms with E-state index in [0.717, 1.165) is 0 Å². The van der Waals surface area contributed by atoms with E-state index in [9.17, 15) is 4.79 Å². The van der Waals surface area contributed by atoms with Gasteiger partial charge < -0.3 is 9.47 Å². The van der Waals surface area contributed by atoms with Gasteiger partial charge in [0.15, 0.2) is 12.1 Å². The zero-order valence-corrected chi connectivity index (χ0v) is 10.1. The number of ketones is 1. The number of ether oxygens (including phenoxy) is 2. The predicted molar refractivity (Wildman–Crippen MR) is 58.9 cm³/mol. The second-order valence-corrected chi connectivity index (χ2v) is 4.59. The zero-order valence-electron chi connectivity index (χ0n) is 9.33. The van der Waals surface area contributed by atoms with Crippen LogP contribution in [0, 0.1) is 5.41 Å². The normalized spacial score (nSPS) is 27.2. The maximum absolute atomic E-state index is 11.9. The van der Waals surface area contributed by atoms with E-state index < -0.39 is 10.8 Å². The third kappa shape index (κ3) is 2.80. The molecule has 0 aromatic carbocycles. The molecule has 15 heavy (non-hydrogen) atoms. The molecule has 0 radical (unpaired) electrons. The quantitative estimate of drug-likeness (QED) is 0.400. The number of carbonyl (C=O) groups is 1. The van der Waals surface area contributed by atoms with E-state index in [-0.39, 0.29) is 18.2 Å². The van der Waals surface area contributed by atoms with Gasteiger partial charge in [-0.25, -0.2) is 0 Å². The smallest absolute Gasteiger partial charge is 0.186 e. The van der Waals surface area contributed by atoms with E-state index in [1.165, 1.54) is 0 Å². The van der Waals surface area contributed by atoms with Crippen LogP contribution >= 0.6 is 11.6 Å². The topological polar surface area (TPSA) is 38.8 Å². The Hall–Kier alpha value is -0.380. The van der Waals surface area contributed by atoms with Crippen molar-refractivity contribution in [2.45, 2.75) is 38.5 Å². The number of epoxide rings is 1. The van der Waals surface area contributed by atoms with Crippen LogP contribution in [0.25, 0.3) is 0 Å². The number of Topliss-reactive ketones (excluding diaryl/α,β-unsaturated/α-hetero) is 1. The van der Waals surface area contributed by atoms with Crippen LogP contribution in [0.15, 0.2) is 12.7 Å². The molecule has 0 aromatic rings. The van der Waals surface area contributed by atoms with Gasteiger partial charge in [-0.2, -0.15) is 0 Å². The molecule has 4 heteroatoms. The van der Waals surface area contributed by atoms with Gasteiger partial charge >= 0.3 is 0 Å². The average Bonchev–Trinajstić information content (AvgIpc) is 2.95. The highest BCUT2D eigenvalue weighted by Crippen LogP contribution is 2.34. The van der Waals surface area contributed by atoms with Crippen molar-refractivity contribution < 1.29 is 14.3 Å². The Balaban J connectivity index is 2.52. The van der Waals surface area contributed by atoms with E-state index in [0.29, 0.717) is 6.61 Å². The Morgan fingerprint density at radius 2 is 2.33 bits per heavy atom. The molecule has 1 heterocycles. The molecule has 0 spiro atoms. The van der Waals surface area contributed by atoms with Crippen LogP contribution < -0.4 is 0 Å². The Morgan fingerprint density at radius 1 is 1.73 bits per heavy atom. The van der Waals surface area contributed by atoms with Gasteiger partial charge in [-0.3, -0.25) is 4.79 Å². The largest absolute Gasteiger partial charge is 0.350 e. The van der Waals surface area contributed by atoms with Crippen molar-refractivity contribution in [3.63, 3.8) is 0 Å². The van der Waals surface area contributed by atoms with Crippen molar-refractivity contribution in [3.8, 4) is 0 Å². The molecule has 0 bridgehead atoms. The summed E-state index contributed by atoms with van der Waals surface area (Å²) in [5, 5.41) is -0.658. The molecule has 1 aliphatic heterocycles. The Bertz CT molecular complexity index is 263. The summed E-state index contributed by atoms with van der Waals surface area (Å²) >= 11 is 6.02. The van der Waals surface area contributed by atoms with Crippen LogP contribution in [0.5, 0.6) is 0 Å². The summed E-state index contributed by atoms with van der Waals surface area (Å²) in [5.74, 6) is -0.0774. The lowest BCUT2D eigenvalue weighted by Gasteiger charge is -2.20. The number of halogens is 1. The van der Waals surface area contributed by atoms with Gasteiger partial charge in [0, 0.05) is 12.0 Å². The molecular formula is C11H17ClO3. The van der Waals surface area contributed by atoms with E-state index in [1.54, 1.807) is 19.9 Å². The highest BCUT2D eigenvalue weighted by atomic mass is 35.5. The summed E-state index contributed by atoms with van der Waals surface area (Å²) in [5.41, 5.74) is -0.616. The van der Waals surface area contributed by atoms with Crippen molar-refractivity contribution in [3.05, 3.63) is 12.7 Å². The predicted octanol–water partition coefficient (Wildman–Crippen LogP) is 2.14. The van der Waals surface area contributed by atoms with Gasteiger partial charge in [-0.1, -0.05) is 6.08 Å². The highest BCUT2D eigenvalue weighted by molar-refractivity contribution is 6.32. The van der Waals surface area contributed by atoms with Crippen LogP contribution in [0.4, 0.5) is 0 Å². The summed E-state index contributed by atoms with van der Waals surface area (Å²) in [7, 11) is 0. The molecule has 1 rings (SSSR count). The number of carbonyl (C=O) groups excluding carboxylic acids is 1. The molecule has 0 aromatic heterocycles. The molecular weight excluding hydrogens is 216 g/mol. The van der Waals surface area contributed by atoms with Gasteiger partial charge in [-0.05, 0) is 20.8 Å². The van der Waals surface area contributed by atoms with E-state index in [1.807, 2.05) is 6.92 Å². The molecule has 86 valence electrons. The molecule has 0 N–H and O–H groups in total. The third-order valence-electron chi connectivity index (χ3n) is 2.50. The zero-order chi connectivity index (χ0) is 11.6. The Morgan fingerprint density at radius 3 is 2.80 bits per heavy atom. The molecule has 0 aliphatic carbocycles. The van der Waals surface area contributed by atoms with Gasteiger partial charge in [0.25, 0.3) is 0 Å². The minimum atomic E-state index is -0.658. The number of hydrogen-bond acceptors (Lipinski definition) is 3. The molecule has 3 atom stereocenters. The first-order valence-electron chi connectivity index (χ1n) is 5.03. The minimum Gasteiger partial charge on any atom is -0.350 e. The fourth-order valence-corrected chi connectivity index (χ4v) is 1.68. The molecule has 0 amide bonds. The molecule has 1 fully saturated rings. The van der Waals surface area contributed by atoms with Gasteiger partial charge in [0.2, 0.25) is 0 Å². The van der Waals surface area contributed by atoms with Gasteiger partial charge in [-0.15, -0.1) is 18.2 Å². The maximum atomic E-state index is 11.9. The molecule has 3 nitrogen and oxygen atoms in total. The fraction of sp³-hybridized carbons (Fsp3) is 0.727. The Kier molecular flexibility index (Phi) is 3.93. The van der Waals surface area contributed by atoms with E-state index in [4.69, 9.17) is 21.1 Å². The van der Waals surface area contributed by atoms with Crippen molar-refractivity contribution in [2.24, 2.45) is 5.41 Å². The van der Waals surface area contributed by atoms with Crippen molar-refractivity contribution in [1.82, 2.24) is 0 Å². The molecule has 1 saturated heterocycles. The fourth-order valence-electron chi connectivity index (χ4n) is 1.22. The van der Waals surface area contributed by atoms with Crippen LogP contribution in [0.3, 0.4) is 0 Å². The lowest BCUT2D eigenvalue weighted by molar-refractivity contribution is -0.124. The minimum absolute atomic E-state index is 0.0774. The highest BCUT2D eigenvalue weighted by Gasteiger charge is 2.50. The first kappa shape index (κ1) is 12.7. The van der Waals surface area contributed by atoms with Crippen LogP contribution in [0.2, 0.25) is 0 Å². The van der Waals surface area contributed by atoms with Crippen LogP contribution in [0.1, 0.15) is 20.8 Å². The first-order chi connectivity index (χ1) is 6.94. The second kappa shape index (κ2) is 4.64. The SMILES string of the molecule is C=CC(C)(C)C(=O)C(Cl)C1OC1OCC. The molecule has 3 unspecified atom stereocenters. The molecule has 1 aliphatic rings. The number of allylic oxidation sites excluding steroid dienone is 1. The summed E-state index contributed by atoms with van der Waals surface area (Å²) in [4.78, 5) is 11.9. The van der Waals surface area contributed by atoms with Crippen molar-refractivity contribution in [1.29, 1.82) is 0 Å². The van der Waals surface area contributed by atoms with Gasteiger partial charge in [0.05, 0.1) is 0 Å². The standard InChI is InChI=1S/C11H17ClO3/c1-5-11(3,4)9(13)7(12)8-10(15-8)14-6-2/h5,7-8,10H,1,6H2,2-4H3. The average molecular weight is 233 g/mol. The lowest BCUT2D eigenvalue weighted by Crippen LogP contribution is -2.34. The van der Waals surface area contributed by atoms with Gasteiger partial charge in [0.1, 0.15) is 11.5 Å². The second-order valence-electron chi connectivity index (χ2n) is 4.12. The summed E-state index contributed by atoms with van der Waals surface area (Å²) in [6.45, 7) is 9.63. The Labute approximate surface area is 95.4 Å². The maximum Gasteiger partial charge on any atom is 0.186 e. The summed E-state index contributed by atoms with van der Waals surface area (Å²) in [6.07, 6.45) is 0.975. The summed E-state index contributed by atoms with van der Waals surface area (Å²) in [6, 6.07) is 0. The lowest BCUT2D eigenvalue weighted by atomic mass is 9.86.